The molecule has 106 valence electrons. The second-order valence-corrected chi connectivity index (χ2v) is 5.54. The van der Waals surface area contributed by atoms with Crippen LogP contribution >= 0.6 is 23.2 Å². The number of nitrogen functional groups attached to an aromatic ring is 1. The quantitative estimate of drug-likeness (QED) is 0.848. The number of hydrogen-bond acceptors (Lipinski definition) is 2. The lowest BCUT2D eigenvalue weighted by Gasteiger charge is -2.23. The summed E-state index contributed by atoms with van der Waals surface area (Å²) in [6.07, 6.45) is -2.61. The van der Waals surface area contributed by atoms with Crippen LogP contribution in [0.15, 0.2) is 12.1 Å². The molecule has 0 radical (unpaired) electrons. The van der Waals surface area contributed by atoms with Crippen LogP contribution in [0.4, 0.5) is 18.9 Å². The minimum absolute atomic E-state index is 0.00303. The Labute approximate surface area is 119 Å². The lowest BCUT2D eigenvalue weighted by molar-refractivity contribution is -0.148. The fourth-order valence-electron chi connectivity index (χ4n) is 1.95. The van der Waals surface area contributed by atoms with Gasteiger partial charge in [0, 0.05) is 12.6 Å². The largest absolute Gasteiger partial charge is 0.401 e. The molecule has 1 aliphatic carbocycles. The average molecular weight is 313 g/mol. The maximum absolute atomic E-state index is 12.5. The maximum Gasteiger partial charge on any atom is 0.401 e. The Morgan fingerprint density at radius 1 is 1.21 bits per heavy atom. The Kier molecular flexibility index (Phi) is 4.18. The van der Waals surface area contributed by atoms with Gasteiger partial charge in [-0.05, 0) is 30.5 Å². The average Bonchev–Trinajstić information content (AvgIpc) is 3.06. The standard InChI is InChI=1S/C12H13Cl2F3N2/c13-9-3-7(4-10(14)11(9)18)5-19(8-1-2-8)6-12(15,16)17/h3-4,8H,1-2,5-6,18H2. The number of nitrogens with zero attached hydrogens (tertiary/aromatic N) is 1. The first kappa shape index (κ1) is 14.8. The van der Waals surface area contributed by atoms with Crippen molar-refractivity contribution in [3.63, 3.8) is 0 Å². The third-order valence-corrected chi connectivity index (χ3v) is 3.60. The number of nitrogens with two attached hydrogens (primary N) is 1. The summed E-state index contributed by atoms with van der Waals surface area (Å²) in [4.78, 5) is 1.40. The van der Waals surface area contributed by atoms with Gasteiger partial charge in [0.05, 0.1) is 22.3 Å². The molecule has 0 aromatic heterocycles. The van der Waals surface area contributed by atoms with E-state index in [9.17, 15) is 13.2 Å². The first-order valence-electron chi connectivity index (χ1n) is 5.80. The summed E-state index contributed by atoms with van der Waals surface area (Å²) in [6, 6.07) is 3.12. The number of anilines is 1. The highest BCUT2D eigenvalue weighted by Gasteiger charge is 2.37. The van der Waals surface area contributed by atoms with E-state index >= 15 is 0 Å². The molecule has 1 fully saturated rings. The van der Waals surface area contributed by atoms with Crippen molar-refractivity contribution < 1.29 is 13.2 Å². The third-order valence-electron chi connectivity index (χ3n) is 2.97. The molecule has 1 aliphatic rings. The smallest absolute Gasteiger partial charge is 0.396 e. The van der Waals surface area contributed by atoms with Crippen molar-refractivity contribution in [2.24, 2.45) is 0 Å². The molecule has 0 spiro atoms. The van der Waals surface area contributed by atoms with E-state index in [1.807, 2.05) is 0 Å². The molecule has 1 saturated carbocycles. The zero-order valence-electron chi connectivity index (χ0n) is 9.97. The second-order valence-electron chi connectivity index (χ2n) is 4.72. The molecule has 0 bridgehead atoms. The number of rotatable bonds is 4. The third kappa shape index (κ3) is 4.16. The molecule has 1 aromatic carbocycles. The molecule has 2 rings (SSSR count). The van der Waals surface area contributed by atoms with Crippen molar-refractivity contribution >= 4 is 28.9 Å². The van der Waals surface area contributed by atoms with Crippen molar-refractivity contribution in [3.8, 4) is 0 Å². The van der Waals surface area contributed by atoms with Gasteiger partial charge < -0.3 is 5.73 Å². The van der Waals surface area contributed by atoms with Crippen LogP contribution in [0.25, 0.3) is 0 Å². The van der Waals surface area contributed by atoms with E-state index < -0.39 is 12.7 Å². The number of halogens is 5. The molecule has 0 amide bonds. The monoisotopic (exact) mass is 312 g/mol. The van der Waals surface area contributed by atoms with Crippen LogP contribution in [-0.2, 0) is 6.54 Å². The molecule has 19 heavy (non-hydrogen) atoms. The Bertz CT molecular complexity index is 450. The summed E-state index contributed by atoms with van der Waals surface area (Å²) in [6.45, 7) is -0.749. The molecule has 0 atom stereocenters. The van der Waals surface area contributed by atoms with Gasteiger partial charge in [0.2, 0.25) is 0 Å². The predicted molar refractivity (Wildman–Crippen MR) is 70.4 cm³/mol. The maximum atomic E-state index is 12.5. The van der Waals surface area contributed by atoms with Gasteiger partial charge in [0.25, 0.3) is 0 Å². The summed E-state index contributed by atoms with van der Waals surface area (Å²) >= 11 is 11.8. The first-order valence-corrected chi connectivity index (χ1v) is 6.56. The molecular formula is C12H13Cl2F3N2. The lowest BCUT2D eigenvalue weighted by Crippen LogP contribution is -2.35. The topological polar surface area (TPSA) is 29.3 Å². The zero-order chi connectivity index (χ0) is 14.2. The Balaban J connectivity index is 2.13. The summed E-state index contributed by atoms with van der Waals surface area (Å²) in [5.41, 5.74) is 6.49. The summed E-state index contributed by atoms with van der Waals surface area (Å²) in [7, 11) is 0. The van der Waals surface area contributed by atoms with Crippen LogP contribution in [0, 0.1) is 0 Å². The molecular weight excluding hydrogens is 300 g/mol. The summed E-state index contributed by atoms with van der Waals surface area (Å²) < 4.78 is 37.5. The second kappa shape index (κ2) is 5.38. The Hall–Kier alpha value is -0.650. The van der Waals surface area contributed by atoms with Crippen LogP contribution in [0.5, 0.6) is 0 Å². The van der Waals surface area contributed by atoms with E-state index in [4.69, 9.17) is 28.9 Å². The Morgan fingerprint density at radius 2 is 1.74 bits per heavy atom. The summed E-state index contributed by atoms with van der Waals surface area (Å²) in [5.74, 6) is 0. The normalized spacial score (nSPS) is 16.1. The van der Waals surface area contributed by atoms with Crippen molar-refractivity contribution in [1.82, 2.24) is 4.90 Å². The van der Waals surface area contributed by atoms with Gasteiger partial charge in [-0.2, -0.15) is 13.2 Å². The van der Waals surface area contributed by atoms with Gasteiger partial charge in [0.1, 0.15) is 0 Å². The Morgan fingerprint density at radius 3 is 2.16 bits per heavy atom. The predicted octanol–water partition coefficient (Wildman–Crippen LogP) is 4.10. The molecule has 2 N–H and O–H groups in total. The van der Waals surface area contributed by atoms with E-state index in [-0.39, 0.29) is 28.3 Å². The van der Waals surface area contributed by atoms with E-state index in [0.717, 1.165) is 12.8 Å². The number of hydrogen-bond donors (Lipinski definition) is 1. The van der Waals surface area contributed by atoms with Crippen molar-refractivity contribution in [3.05, 3.63) is 27.7 Å². The van der Waals surface area contributed by atoms with Gasteiger partial charge in [-0.1, -0.05) is 23.2 Å². The number of benzene rings is 1. The van der Waals surface area contributed by atoms with Gasteiger partial charge >= 0.3 is 6.18 Å². The molecule has 0 unspecified atom stereocenters. The van der Waals surface area contributed by atoms with Crippen LogP contribution in [-0.4, -0.2) is 23.7 Å². The zero-order valence-corrected chi connectivity index (χ0v) is 11.5. The van der Waals surface area contributed by atoms with E-state index in [1.54, 1.807) is 12.1 Å². The molecule has 0 saturated heterocycles. The first-order chi connectivity index (χ1) is 8.76. The minimum Gasteiger partial charge on any atom is -0.396 e. The van der Waals surface area contributed by atoms with E-state index in [1.165, 1.54) is 4.90 Å². The van der Waals surface area contributed by atoms with Gasteiger partial charge in [-0.25, -0.2) is 0 Å². The SMILES string of the molecule is Nc1c(Cl)cc(CN(CC(F)(F)F)C2CC2)cc1Cl. The molecule has 7 heteroatoms. The highest BCUT2D eigenvalue weighted by Crippen LogP contribution is 2.34. The van der Waals surface area contributed by atoms with Crippen LogP contribution in [0.1, 0.15) is 18.4 Å². The molecule has 1 aromatic rings. The molecule has 0 aliphatic heterocycles. The lowest BCUT2D eigenvalue weighted by atomic mass is 10.2. The van der Waals surface area contributed by atoms with Crippen LogP contribution in [0.3, 0.4) is 0 Å². The van der Waals surface area contributed by atoms with Gasteiger partial charge in [-0.15, -0.1) is 0 Å². The van der Waals surface area contributed by atoms with Crippen molar-refractivity contribution in [2.45, 2.75) is 31.6 Å². The molecule has 0 heterocycles. The van der Waals surface area contributed by atoms with Gasteiger partial charge in [-0.3, -0.25) is 4.90 Å². The highest BCUT2D eigenvalue weighted by atomic mass is 35.5. The van der Waals surface area contributed by atoms with Gasteiger partial charge in [0.15, 0.2) is 0 Å². The highest BCUT2D eigenvalue weighted by molar-refractivity contribution is 6.38. The fraction of sp³-hybridized carbons (Fsp3) is 0.500. The van der Waals surface area contributed by atoms with Crippen LogP contribution in [0.2, 0.25) is 10.0 Å². The van der Waals surface area contributed by atoms with Crippen molar-refractivity contribution in [1.29, 1.82) is 0 Å². The van der Waals surface area contributed by atoms with E-state index in [2.05, 4.69) is 0 Å². The van der Waals surface area contributed by atoms with Crippen LogP contribution < -0.4 is 5.73 Å². The minimum atomic E-state index is -4.20. The molecule has 2 nitrogen and oxygen atoms in total. The summed E-state index contributed by atoms with van der Waals surface area (Å²) in [5, 5.41) is 0.538. The number of alkyl halides is 3. The van der Waals surface area contributed by atoms with Crippen molar-refractivity contribution in [2.75, 3.05) is 12.3 Å². The fourth-order valence-corrected chi connectivity index (χ4v) is 2.48. The van der Waals surface area contributed by atoms with E-state index in [0.29, 0.717) is 5.56 Å².